The van der Waals surface area contributed by atoms with E-state index in [0.717, 1.165) is 23.6 Å². The zero-order valence-electron chi connectivity index (χ0n) is 12.2. The van der Waals surface area contributed by atoms with Crippen molar-refractivity contribution in [2.45, 2.75) is 43.7 Å². The van der Waals surface area contributed by atoms with Gasteiger partial charge in [0.25, 0.3) is 0 Å². The van der Waals surface area contributed by atoms with Crippen LogP contribution in [-0.4, -0.2) is 10.7 Å². The number of hydrogen-bond donors (Lipinski definition) is 1. The summed E-state index contributed by atoms with van der Waals surface area (Å²) in [7, 11) is 0. The number of aromatic nitrogens is 1. The van der Waals surface area contributed by atoms with Crippen molar-refractivity contribution in [3.63, 3.8) is 0 Å². The van der Waals surface area contributed by atoms with Gasteiger partial charge in [0, 0.05) is 27.0 Å². The highest BCUT2D eigenvalue weighted by molar-refractivity contribution is 7.99. The molecule has 1 aliphatic heterocycles. The molecule has 3 rings (SSSR count). The van der Waals surface area contributed by atoms with E-state index in [0.29, 0.717) is 6.04 Å². The third-order valence-electron chi connectivity index (χ3n) is 3.75. The predicted molar refractivity (Wildman–Crippen MR) is 92.6 cm³/mol. The summed E-state index contributed by atoms with van der Waals surface area (Å²) in [6.07, 6.45) is 4.19. The van der Waals surface area contributed by atoms with E-state index in [4.69, 9.17) is 11.6 Å². The molecule has 0 saturated carbocycles. The van der Waals surface area contributed by atoms with Gasteiger partial charge in [-0.05, 0) is 49.3 Å². The van der Waals surface area contributed by atoms with E-state index in [2.05, 4.69) is 36.3 Å². The summed E-state index contributed by atoms with van der Waals surface area (Å²) in [5.74, 6) is 1.15. The lowest BCUT2D eigenvalue weighted by Gasteiger charge is -2.28. The lowest BCUT2D eigenvalue weighted by molar-refractivity contribution is 0.449. The normalized spacial score (nSPS) is 19.3. The van der Waals surface area contributed by atoms with E-state index in [1.807, 2.05) is 35.4 Å². The number of thiazole rings is 1. The fourth-order valence-corrected chi connectivity index (χ4v) is 4.75. The van der Waals surface area contributed by atoms with Gasteiger partial charge in [0.05, 0.1) is 6.04 Å². The molecule has 1 aromatic carbocycles. The first kappa shape index (κ1) is 15.3. The summed E-state index contributed by atoms with van der Waals surface area (Å²) in [6.45, 7) is 4.37. The lowest BCUT2D eigenvalue weighted by atomic mass is 10.0. The smallest absolute Gasteiger partial charge is 0.109 e. The zero-order chi connectivity index (χ0) is 14.8. The van der Waals surface area contributed by atoms with E-state index in [1.165, 1.54) is 20.3 Å². The number of thioether (sulfide) groups is 1. The van der Waals surface area contributed by atoms with Crippen LogP contribution in [0.3, 0.4) is 0 Å². The summed E-state index contributed by atoms with van der Waals surface area (Å²) in [5, 5.41) is 5.72. The van der Waals surface area contributed by atoms with Gasteiger partial charge in [-0.3, -0.25) is 0 Å². The maximum absolute atomic E-state index is 6.17. The molecule has 0 amide bonds. The van der Waals surface area contributed by atoms with Gasteiger partial charge in [-0.2, -0.15) is 0 Å². The van der Waals surface area contributed by atoms with Crippen molar-refractivity contribution >= 4 is 34.7 Å². The lowest BCUT2D eigenvalue weighted by Crippen LogP contribution is -2.27. The summed E-state index contributed by atoms with van der Waals surface area (Å²) < 4.78 is 0. The third-order valence-corrected chi connectivity index (χ3v) is 6.43. The first-order valence-electron chi connectivity index (χ1n) is 7.30. The largest absolute Gasteiger partial charge is 0.301 e. The fraction of sp³-hybridized carbons (Fsp3) is 0.438. The van der Waals surface area contributed by atoms with Gasteiger partial charge in [0.15, 0.2) is 0 Å². The highest BCUT2D eigenvalue weighted by atomic mass is 35.5. The van der Waals surface area contributed by atoms with Crippen molar-refractivity contribution in [3.05, 3.63) is 44.9 Å². The van der Waals surface area contributed by atoms with Crippen LogP contribution < -0.4 is 5.32 Å². The van der Waals surface area contributed by atoms with E-state index in [1.54, 1.807) is 0 Å². The Labute approximate surface area is 139 Å². The minimum Gasteiger partial charge on any atom is -0.301 e. The molecule has 2 heterocycles. The Kier molecular flexibility index (Phi) is 4.89. The van der Waals surface area contributed by atoms with Crippen LogP contribution in [0.5, 0.6) is 0 Å². The molecular weight excluding hydrogens is 320 g/mol. The van der Waals surface area contributed by atoms with Gasteiger partial charge in [-0.15, -0.1) is 23.1 Å². The Morgan fingerprint density at radius 2 is 2.33 bits per heavy atom. The number of nitrogens with zero attached hydrogens (tertiary/aromatic N) is 1. The van der Waals surface area contributed by atoms with Crippen LogP contribution in [0, 0.1) is 0 Å². The number of benzene rings is 1. The van der Waals surface area contributed by atoms with Crippen LogP contribution in [0.15, 0.2) is 29.3 Å². The highest BCUT2D eigenvalue weighted by Crippen LogP contribution is 2.38. The van der Waals surface area contributed by atoms with Gasteiger partial charge in [0.2, 0.25) is 0 Å². The van der Waals surface area contributed by atoms with Crippen molar-refractivity contribution in [1.82, 2.24) is 10.3 Å². The maximum Gasteiger partial charge on any atom is 0.109 e. The fourth-order valence-electron chi connectivity index (χ4n) is 2.60. The van der Waals surface area contributed by atoms with Crippen LogP contribution >= 0.6 is 34.7 Å². The standard InChI is InChI=1S/C16H19ClN2S2/c1-3-12-9-18-16(21-12)10(2)19-14-6-7-20-15-5-4-11(17)8-13(14)15/h4-5,8-10,14,19H,3,6-7H2,1-2H3. The molecule has 2 aromatic rings. The summed E-state index contributed by atoms with van der Waals surface area (Å²) in [6, 6.07) is 6.86. The van der Waals surface area contributed by atoms with Crippen LogP contribution in [0.25, 0.3) is 0 Å². The number of aryl methyl sites for hydroxylation is 1. The Bertz CT molecular complexity index is 626. The first-order valence-corrected chi connectivity index (χ1v) is 9.48. The molecule has 2 nitrogen and oxygen atoms in total. The quantitative estimate of drug-likeness (QED) is 0.824. The summed E-state index contributed by atoms with van der Waals surface area (Å²) in [4.78, 5) is 7.25. The van der Waals surface area contributed by atoms with Crippen molar-refractivity contribution in [1.29, 1.82) is 0 Å². The summed E-state index contributed by atoms with van der Waals surface area (Å²) >= 11 is 9.90. The van der Waals surface area contributed by atoms with Gasteiger partial charge in [-0.1, -0.05) is 18.5 Å². The third kappa shape index (κ3) is 3.45. The van der Waals surface area contributed by atoms with E-state index >= 15 is 0 Å². The topological polar surface area (TPSA) is 24.9 Å². The predicted octanol–water partition coefficient (Wildman–Crippen LogP) is 5.25. The molecule has 0 bridgehead atoms. The monoisotopic (exact) mass is 338 g/mol. The molecule has 0 saturated heterocycles. The average molecular weight is 339 g/mol. The Balaban J connectivity index is 1.78. The minimum atomic E-state index is 0.273. The van der Waals surface area contributed by atoms with Crippen LogP contribution in [0.4, 0.5) is 0 Å². The minimum absolute atomic E-state index is 0.273. The second-order valence-corrected chi connectivity index (χ2v) is 8.00. The second-order valence-electron chi connectivity index (χ2n) is 5.28. The number of fused-ring (bicyclic) bond motifs is 1. The van der Waals surface area contributed by atoms with Gasteiger partial charge in [0.1, 0.15) is 5.01 Å². The van der Waals surface area contributed by atoms with Crippen LogP contribution in [0.2, 0.25) is 5.02 Å². The number of nitrogens with one attached hydrogen (secondary N) is 1. The molecule has 2 unspecified atom stereocenters. The second kappa shape index (κ2) is 6.69. The molecule has 1 aromatic heterocycles. The SMILES string of the molecule is CCc1cnc(C(C)NC2CCSc3ccc(Cl)cc32)s1. The Morgan fingerprint density at radius 3 is 3.10 bits per heavy atom. The van der Waals surface area contributed by atoms with E-state index < -0.39 is 0 Å². The summed E-state index contributed by atoms with van der Waals surface area (Å²) in [5.41, 5.74) is 1.33. The van der Waals surface area contributed by atoms with Crippen molar-refractivity contribution < 1.29 is 0 Å². The molecule has 21 heavy (non-hydrogen) atoms. The van der Waals surface area contributed by atoms with Gasteiger partial charge >= 0.3 is 0 Å². The van der Waals surface area contributed by atoms with E-state index in [-0.39, 0.29) is 6.04 Å². The number of rotatable bonds is 4. The molecule has 5 heteroatoms. The molecule has 0 aliphatic carbocycles. The molecular formula is C16H19ClN2S2. The Morgan fingerprint density at radius 1 is 1.48 bits per heavy atom. The Hall–Kier alpha value is -0.550. The molecule has 1 aliphatic rings. The van der Waals surface area contributed by atoms with Gasteiger partial charge in [-0.25, -0.2) is 4.98 Å². The number of halogens is 1. The van der Waals surface area contributed by atoms with Crippen LogP contribution in [-0.2, 0) is 6.42 Å². The molecule has 112 valence electrons. The molecule has 1 N–H and O–H groups in total. The van der Waals surface area contributed by atoms with Crippen molar-refractivity contribution in [3.8, 4) is 0 Å². The zero-order valence-corrected chi connectivity index (χ0v) is 14.6. The number of hydrogen-bond acceptors (Lipinski definition) is 4. The molecule has 0 spiro atoms. The van der Waals surface area contributed by atoms with Crippen molar-refractivity contribution in [2.24, 2.45) is 0 Å². The van der Waals surface area contributed by atoms with Crippen LogP contribution in [0.1, 0.15) is 47.8 Å². The highest BCUT2D eigenvalue weighted by Gasteiger charge is 2.23. The average Bonchev–Trinajstić information content (AvgIpc) is 2.97. The molecule has 0 fully saturated rings. The van der Waals surface area contributed by atoms with Crippen molar-refractivity contribution in [2.75, 3.05) is 5.75 Å². The molecule has 0 radical (unpaired) electrons. The van der Waals surface area contributed by atoms with Gasteiger partial charge < -0.3 is 5.32 Å². The maximum atomic E-state index is 6.17. The van der Waals surface area contributed by atoms with E-state index in [9.17, 15) is 0 Å². The molecule has 2 atom stereocenters. The first-order chi connectivity index (χ1) is 10.2.